The summed E-state index contributed by atoms with van der Waals surface area (Å²) >= 11 is 0. The van der Waals surface area contributed by atoms with Crippen LogP contribution in [0, 0.1) is 5.82 Å². The van der Waals surface area contributed by atoms with Gasteiger partial charge in [-0.1, -0.05) is 12.1 Å². The first-order valence-electron chi connectivity index (χ1n) is 7.07. The van der Waals surface area contributed by atoms with Gasteiger partial charge in [-0.15, -0.1) is 24.0 Å². The first-order chi connectivity index (χ1) is 10.3. The van der Waals surface area contributed by atoms with Crippen LogP contribution in [0.1, 0.15) is 18.2 Å². The Bertz CT molecular complexity index is 573. The predicted octanol–water partition coefficient (Wildman–Crippen LogP) is 3.33. The number of nitrogens with zero attached hydrogens (tertiary/aromatic N) is 1. The Kier molecular flexibility index (Phi) is 8.57. The second-order valence-electron chi connectivity index (χ2n) is 4.58. The molecule has 0 amide bonds. The SMILES string of the molecule is CCNC(=NCc1cccc(F)c1)NCCc1ccco1.I. The Balaban J connectivity index is 0.00000242. The van der Waals surface area contributed by atoms with E-state index < -0.39 is 0 Å². The van der Waals surface area contributed by atoms with Crippen LogP contribution in [-0.4, -0.2) is 19.0 Å². The van der Waals surface area contributed by atoms with E-state index >= 15 is 0 Å². The zero-order valence-electron chi connectivity index (χ0n) is 12.5. The van der Waals surface area contributed by atoms with Gasteiger partial charge < -0.3 is 15.1 Å². The maximum atomic E-state index is 13.1. The van der Waals surface area contributed by atoms with E-state index in [0.717, 1.165) is 30.8 Å². The lowest BCUT2D eigenvalue weighted by Gasteiger charge is -2.10. The summed E-state index contributed by atoms with van der Waals surface area (Å²) in [6.07, 6.45) is 2.45. The molecule has 0 unspecified atom stereocenters. The van der Waals surface area contributed by atoms with Crippen molar-refractivity contribution in [2.24, 2.45) is 4.99 Å². The molecule has 2 rings (SSSR count). The van der Waals surface area contributed by atoms with E-state index in [1.165, 1.54) is 12.1 Å². The monoisotopic (exact) mass is 417 g/mol. The van der Waals surface area contributed by atoms with E-state index in [0.29, 0.717) is 12.5 Å². The Morgan fingerprint density at radius 3 is 2.77 bits per heavy atom. The summed E-state index contributed by atoms with van der Waals surface area (Å²) in [7, 11) is 0. The highest BCUT2D eigenvalue weighted by atomic mass is 127. The Labute approximate surface area is 147 Å². The van der Waals surface area contributed by atoms with Gasteiger partial charge in [-0.3, -0.25) is 0 Å². The lowest BCUT2D eigenvalue weighted by Crippen LogP contribution is -2.38. The number of benzene rings is 1. The fourth-order valence-electron chi connectivity index (χ4n) is 1.91. The van der Waals surface area contributed by atoms with Crippen molar-refractivity contribution in [3.8, 4) is 0 Å². The van der Waals surface area contributed by atoms with Gasteiger partial charge >= 0.3 is 0 Å². The molecule has 1 aromatic heterocycles. The summed E-state index contributed by atoms with van der Waals surface area (Å²) in [5.41, 5.74) is 0.846. The predicted molar refractivity (Wildman–Crippen MR) is 97.0 cm³/mol. The van der Waals surface area contributed by atoms with E-state index in [1.54, 1.807) is 12.3 Å². The summed E-state index contributed by atoms with van der Waals surface area (Å²) in [4.78, 5) is 4.44. The molecular formula is C16H21FIN3O. The highest BCUT2D eigenvalue weighted by Gasteiger charge is 2.00. The van der Waals surface area contributed by atoms with E-state index in [1.807, 2.05) is 25.1 Å². The van der Waals surface area contributed by atoms with Crippen LogP contribution in [0.3, 0.4) is 0 Å². The van der Waals surface area contributed by atoms with Crippen LogP contribution in [0.2, 0.25) is 0 Å². The van der Waals surface area contributed by atoms with Gasteiger partial charge in [0.1, 0.15) is 11.6 Å². The molecule has 0 spiro atoms. The third kappa shape index (κ3) is 6.46. The quantitative estimate of drug-likeness (QED) is 0.431. The number of nitrogens with one attached hydrogen (secondary N) is 2. The van der Waals surface area contributed by atoms with Crippen molar-refractivity contribution in [3.05, 3.63) is 59.8 Å². The van der Waals surface area contributed by atoms with Gasteiger partial charge in [0, 0.05) is 19.5 Å². The van der Waals surface area contributed by atoms with Gasteiger partial charge in [-0.25, -0.2) is 9.38 Å². The van der Waals surface area contributed by atoms with Gasteiger partial charge in [-0.2, -0.15) is 0 Å². The van der Waals surface area contributed by atoms with Gasteiger partial charge in [0.25, 0.3) is 0 Å². The normalized spacial score (nSPS) is 10.9. The van der Waals surface area contributed by atoms with Gasteiger partial charge in [-0.05, 0) is 36.8 Å². The smallest absolute Gasteiger partial charge is 0.191 e. The summed E-state index contributed by atoms with van der Waals surface area (Å²) in [5, 5.41) is 6.39. The minimum absolute atomic E-state index is 0. The van der Waals surface area contributed by atoms with Crippen LogP contribution >= 0.6 is 24.0 Å². The molecule has 2 N–H and O–H groups in total. The van der Waals surface area contributed by atoms with E-state index in [4.69, 9.17) is 4.42 Å². The van der Waals surface area contributed by atoms with Crippen LogP contribution in [0.4, 0.5) is 4.39 Å². The molecule has 0 saturated heterocycles. The van der Waals surface area contributed by atoms with Crippen molar-refractivity contribution >= 4 is 29.9 Å². The van der Waals surface area contributed by atoms with Crippen LogP contribution < -0.4 is 10.6 Å². The lowest BCUT2D eigenvalue weighted by molar-refractivity contribution is 0.507. The number of furan rings is 1. The molecule has 6 heteroatoms. The van der Waals surface area contributed by atoms with Crippen LogP contribution in [-0.2, 0) is 13.0 Å². The minimum Gasteiger partial charge on any atom is -0.469 e. The maximum absolute atomic E-state index is 13.1. The van der Waals surface area contributed by atoms with E-state index in [9.17, 15) is 4.39 Å². The van der Waals surface area contributed by atoms with Crippen molar-refractivity contribution in [3.63, 3.8) is 0 Å². The average molecular weight is 417 g/mol. The minimum atomic E-state index is -0.238. The zero-order valence-corrected chi connectivity index (χ0v) is 14.8. The fourth-order valence-corrected chi connectivity index (χ4v) is 1.91. The molecule has 0 bridgehead atoms. The van der Waals surface area contributed by atoms with E-state index in [2.05, 4.69) is 15.6 Å². The number of halogens is 2. The summed E-state index contributed by atoms with van der Waals surface area (Å²) in [6, 6.07) is 10.3. The standard InChI is InChI=1S/C16H20FN3O.HI/c1-2-18-16(19-9-8-15-7-4-10-21-15)20-12-13-5-3-6-14(17)11-13;/h3-7,10-11H,2,8-9,12H2,1H3,(H2,18,19,20);1H. The van der Waals surface area contributed by atoms with Crippen LogP contribution in [0.15, 0.2) is 52.1 Å². The Morgan fingerprint density at radius 1 is 1.23 bits per heavy atom. The van der Waals surface area contributed by atoms with Crippen molar-refractivity contribution < 1.29 is 8.81 Å². The third-order valence-corrected chi connectivity index (χ3v) is 2.90. The largest absolute Gasteiger partial charge is 0.469 e. The summed E-state index contributed by atoms with van der Waals surface area (Å²) in [6.45, 7) is 3.94. The molecule has 22 heavy (non-hydrogen) atoms. The first kappa shape index (κ1) is 18.5. The maximum Gasteiger partial charge on any atom is 0.191 e. The third-order valence-electron chi connectivity index (χ3n) is 2.90. The number of guanidine groups is 1. The van der Waals surface area contributed by atoms with Gasteiger partial charge in [0.05, 0.1) is 12.8 Å². The highest BCUT2D eigenvalue weighted by molar-refractivity contribution is 14.0. The molecule has 0 saturated carbocycles. The number of rotatable bonds is 6. The molecule has 0 fully saturated rings. The molecule has 0 radical (unpaired) electrons. The Morgan fingerprint density at radius 2 is 2.09 bits per heavy atom. The molecule has 0 aliphatic carbocycles. The first-order valence-corrected chi connectivity index (χ1v) is 7.07. The Hall–Kier alpha value is -1.57. The molecule has 0 atom stereocenters. The molecule has 0 aliphatic rings. The fraction of sp³-hybridized carbons (Fsp3) is 0.312. The van der Waals surface area contributed by atoms with Gasteiger partial charge in [0.15, 0.2) is 5.96 Å². The second-order valence-corrected chi connectivity index (χ2v) is 4.58. The molecule has 1 heterocycles. The number of hydrogen-bond donors (Lipinski definition) is 2. The highest BCUT2D eigenvalue weighted by Crippen LogP contribution is 2.04. The van der Waals surface area contributed by atoms with Crippen molar-refractivity contribution in [2.75, 3.05) is 13.1 Å². The topological polar surface area (TPSA) is 49.6 Å². The molecule has 120 valence electrons. The summed E-state index contributed by atoms with van der Waals surface area (Å²) < 4.78 is 18.4. The van der Waals surface area contributed by atoms with Gasteiger partial charge in [0.2, 0.25) is 0 Å². The number of hydrogen-bond acceptors (Lipinski definition) is 2. The van der Waals surface area contributed by atoms with Crippen molar-refractivity contribution in [1.82, 2.24) is 10.6 Å². The average Bonchev–Trinajstić information content (AvgIpc) is 2.98. The zero-order chi connectivity index (χ0) is 14.9. The van der Waals surface area contributed by atoms with Crippen LogP contribution in [0.25, 0.3) is 0 Å². The van der Waals surface area contributed by atoms with Crippen molar-refractivity contribution in [2.45, 2.75) is 19.9 Å². The summed E-state index contributed by atoms with van der Waals surface area (Å²) in [5.74, 6) is 1.41. The van der Waals surface area contributed by atoms with Crippen molar-refractivity contribution in [1.29, 1.82) is 0 Å². The van der Waals surface area contributed by atoms with E-state index in [-0.39, 0.29) is 29.8 Å². The molecular weight excluding hydrogens is 396 g/mol. The molecule has 4 nitrogen and oxygen atoms in total. The van der Waals surface area contributed by atoms with Crippen LogP contribution in [0.5, 0.6) is 0 Å². The second kappa shape index (κ2) is 10.2. The lowest BCUT2D eigenvalue weighted by atomic mass is 10.2. The number of aliphatic imine (C=N–C) groups is 1. The molecule has 1 aromatic carbocycles. The molecule has 0 aliphatic heterocycles. The molecule has 2 aromatic rings.